The normalized spacial score (nSPS) is 13.1. The molecule has 0 aliphatic heterocycles. The fraction of sp³-hybridized carbons (Fsp3) is 0.333. The Balaban J connectivity index is 1.95. The molecule has 0 saturated carbocycles. The summed E-state index contributed by atoms with van der Waals surface area (Å²) in [7, 11) is 0. The van der Waals surface area contributed by atoms with Gasteiger partial charge >= 0.3 is 5.51 Å². The largest absolute Gasteiger partial charge is 0.469 e. The number of thioether (sulfide) groups is 1. The molecule has 0 radical (unpaired) electrons. The predicted molar refractivity (Wildman–Crippen MR) is 78.5 cm³/mol. The molecule has 2 rings (SSSR count). The first-order valence-electron chi connectivity index (χ1n) is 6.58. The number of aryl methyl sites for hydroxylation is 1. The Bertz CT molecular complexity index is 554. The van der Waals surface area contributed by atoms with E-state index >= 15 is 0 Å². The maximum atomic E-state index is 12.5. The summed E-state index contributed by atoms with van der Waals surface area (Å²) in [6.45, 7) is 1.94. The van der Waals surface area contributed by atoms with E-state index in [2.05, 4.69) is 5.32 Å². The molecule has 2 nitrogen and oxygen atoms in total. The Morgan fingerprint density at radius 2 is 1.95 bits per heavy atom. The minimum atomic E-state index is -4.28. The van der Waals surface area contributed by atoms with Crippen LogP contribution >= 0.6 is 11.8 Å². The molecule has 21 heavy (non-hydrogen) atoms. The number of anilines is 1. The minimum Gasteiger partial charge on any atom is -0.469 e. The van der Waals surface area contributed by atoms with Crippen molar-refractivity contribution in [2.75, 3.05) is 5.32 Å². The van der Waals surface area contributed by atoms with E-state index in [1.807, 2.05) is 19.1 Å². The van der Waals surface area contributed by atoms with E-state index in [9.17, 15) is 13.2 Å². The predicted octanol–water partition coefficient (Wildman–Crippen LogP) is 5.32. The standard InChI is InChI=1S/C15H16F3NOS/c1-11(8-9-12-5-4-10-20-12)19-13-6-2-3-7-14(13)21-15(16,17)18/h2-7,10-11,19H,8-9H2,1H3. The number of halogens is 3. The number of hydrogen-bond acceptors (Lipinski definition) is 3. The van der Waals surface area contributed by atoms with Crippen molar-refractivity contribution in [3.05, 3.63) is 48.4 Å². The van der Waals surface area contributed by atoms with E-state index in [0.717, 1.165) is 18.6 Å². The highest BCUT2D eigenvalue weighted by atomic mass is 32.2. The minimum absolute atomic E-state index is 0.0464. The van der Waals surface area contributed by atoms with E-state index in [0.29, 0.717) is 5.69 Å². The summed E-state index contributed by atoms with van der Waals surface area (Å²) in [5, 5.41) is 3.13. The van der Waals surface area contributed by atoms with Crippen LogP contribution in [0.4, 0.5) is 18.9 Å². The Hall–Kier alpha value is -1.56. The lowest BCUT2D eigenvalue weighted by molar-refractivity contribution is -0.0327. The van der Waals surface area contributed by atoms with Crippen LogP contribution in [0.3, 0.4) is 0 Å². The zero-order chi connectivity index (χ0) is 15.3. The van der Waals surface area contributed by atoms with Crippen molar-refractivity contribution < 1.29 is 17.6 Å². The molecule has 2 aromatic rings. The molecule has 114 valence electrons. The number of furan rings is 1. The van der Waals surface area contributed by atoms with Gasteiger partial charge in [-0.2, -0.15) is 13.2 Å². The summed E-state index contributed by atoms with van der Waals surface area (Å²) >= 11 is -0.0958. The van der Waals surface area contributed by atoms with Crippen molar-refractivity contribution in [3.8, 4) is 0 Å². The van der Waals surface area contributed by atoms with Crippen LogP contribution in [-0.2, 0) is 6.42 Å². The third kappa shape index (κ3) is 5.38. The van der Waals surface area contributed by atoms with Crippen LogP contribution in [0.1, 0.15) is 19.1 Å². The van der Waals surface area contributed by atoms with Crippen LogP contribution in [0.2, 0.25) is 0 Å². The molecule has 1 unspecified atom stereocenters. The second kappa shape index (κ2) is 6.93. The summed E-state index contributed by atoms with van der Waals surface area (Å²) in [6, 6.07) is 10.2. The summed E-state index contributed by atoms with van der Waals surface area (Å²) in [5.41, 5.74) is -3.78. The van der Waals surface area contributed by atoms with Gasteiger partial charge in [-0.15, -0.1) is 0 Å². The highest BCUT2D eigenvalue weighted by Crippen LogP contribution is 2.40. The van der Waals surface area contributed by atoms with Gasteiger partial charge in [0.1, 0.15) is 5.76 Å². The highest BCUT2D eigenvalue weighted by Gasteiger charge is 2.30. The molecule has 0 aliphatic carbocycles. The Kier molecular flexibility index (Phi) is 5.22. The first kappa shape index (κ1) is 15.8. The van der Waals surface area contributed by atoms with Gasteiger partial charge in [0, 0.05) is 23.0 Å². The smallest absolute Gasteiger partial charge is 0.446 e. The van der Waals surface area contributed by atoms with Crippen LogP contribution in [0.25, 0.3) is 0 Å². The highest BCUT2D eigenvalue weighted by molar-refractivity contribution is 8.00. The van der Waals surface area contributed by atoms with Crippen molar-refractivity contribution in [1.29, 1.82) is 0 Å². The number of rotatable bonds is 6. The third-order valence-electron chi connectivity index (χ3n) is 2.92. The Labute approximate surface area is 125 Å². The summed E-state index contributed by atoms with van der Waals surface area (Å²) in [5.74, 6) is 0.876. The molecule has 6 heteroatoms. The van der Waals surface area contributed by atoms with Crippen molar-refractivity contribution in [2.45, 2.75) is 36.2 Å². The number of benzene rings is 1. The van der Waals surface area contributed by atoms with E-state index < -0.39 is 5.51 Å². The molecule has 1 atom stereocenters. The van der Waals surface area contributed by atoms with Gasteiger partial charge in [0.25, 0.3) is 0 Å². The Morgan fingerprint density at radius 3 is 2.62 bits per heavy atom. The van der Waals surface area contributed by atoms with Crippen LogP contribution in [0.5, 0.6) is 0 Å². The molecule has 1 heterocycles. The zero-order valence-corrected chi connectivity index (χ0v) is 12.3. The third-order valence-corrected chi connectivity index (χ3v) is 3.73. The average molecular weight is 315 g/mol. The van der Waals surface area contributed by atoms with E-state index in [-0.39, 0.29) is 22.7 Å². The monoisotopic (exact) mass is 315 g/mol. The van der Waals surface area contributed by atoms with Gasteiger partial charge < -0.3 is 9.73 Å². The summed E-state index contributed by atoms with van der Waals surface area (Å²) in [4.78, 5) is 0.190. The molecule has 0 saturated heterocycles. The van der Waals surface area contributed by atoms with Crippen molar-refractivity contribution in [2.24, 2.45) is 0 Å². The summed E-state index contributed by atoms with van der Waals surface area (Å²) in [6.07, 6.45) is 3.14. The fourth-order valence-electron chi connectivity index (χ4n) is 1.95. The molecule has 0 amide bonds. The molecule has 0 fully saturated rings. The summed E-state index contributed by atoms with van der Waals surface area (Å²) < 4.78 is 42.8. The van der Waals surface area contributed by atoms with Gasteiger partial charge in [0.2, 0.25) is 0 Å². The number of nitrogens with one attached hydrogen (secondary N) is 1. The SMILES string of the molecule is CC(CCc1ccco1)Nc1ccccc1SC(F)(F)F. The fourth-order valence-corrected chi connectivity index (χ4v) is 2.58. The maximum absolute atomic E-state index is 12.5. The van der Waals surface area contributed by atoms with Crippen LogP contribution in [0, 0.1) is 0 Å². The van der Waals surface area contributed by atoms with E-state index in [1.54, 1.807) is 24.5 Å². The molecule has 0 aliphatic rings. The topological polar surface area (TPSA) is 25.2 Å². The second-order valence-corrected chi connectivity index (χ2v) is 5.81. The lowest BCUT2D eigenvalue weighted by atomic mass is 10.1. The van der Waals surface area contributed by atoms with Crippen molar-refractivity contribution in [1.82, 2.24) is 0 Å². The first-order chi connectivity index (χ1) is 9.94. The lowest BCUT2D eigenvalue weighted by Gasteiger charge is -2.18. The first-order valence-corrected chi connectivity index (χ1v) is 7.39. The van der Waals surface area contributed by atoms with Gasteiger partial charge in [-0.1, -0.05) is 12.1 Å². The Morgan fingerprint density at radius 1 is 1.19 bits per heavy atom. The number of alkyl halides is 3. The van der Waals surface area contributed by atoms with E-state index in [1.165, 1.54) is 6.07 Å². The van der Waals surface area contributed by atoms with Gasteiger partial charge in [0.15, 0.2) is 0 Å². The molecule has 0 spiro atoms. The molecule has 1 aromatic heterocycles. The van der Waals surface area contributed by atoms with Crippen molar-refractivity contribution in [3.63, 3.8) is 0 Å². The maximum Gasteiger partial charge on any atom is 0.446 e. The molecule has 1 N–H and O–H groups in total. The average Bonchev–Trinajstić information content (AvgIpc) is 2.90. The second-order valence-electron chi connectivity index (χ2n) is 4.71. The zero-order valence-electron chi connectivity index (χ0n) is 11.5. The van der Waals surface area contributed by atoms with E-state index in [4.69, 9.17) is 4.42 Å². The molecule has 0 bridgehead atoms. The molecule has 1 aromatic carbocycles. The number of hydrogen-bond donors (Lipinski definition) is 1. The van der Waals surface area contributed by atoms with Gasteiger partial charge in [0.05, 0.1) is 6.26 Å². The lowest BCUT2D eigenvalue weighted by Crippen LogP contribution is -2.16. The number of para-hydroxylation sites is 1. The van der Waals surface area contributed by atoms with Gasteiger partial charge in [-0.05, 0) is 49.4 Å². The van der Waals surface area contributed by atoms with Crippen LogP contribution < -0.4 is 5.32 Å². The van der Waals surface area contributed by atoms with Crippen LogP contribution in [0.15, 0.2) is 52.0 Å². The molecular formula is C15H16F3NOS. The van der Waals surface area contributed by atoms with Crippen LogP contribution in [-0.4, -0.2) is 11.6 Å². The van der Waals surface area contributed by atoms with Gasteiger partial charge in [-0.25, -0.2) is 0 Å². The van der Waals surface area contributed by atoms with Crippen molar-refractivity contribution >= 4 is 17.4 Å². The molecular weight excluding hydrogens is 299 g/mol. The van der Waals surface area contributed by atoms with Gasteiger partial charge in [-0.3, -0.25) is 0 Å². The quantitative estimate of drug-likeness (QED) is 0.730.